The molecule has 1 fully saturated rings. The van der Waals surface area contributed by atoms with Crippen molar-refractivity contribution in [2.24, 2.45) is 0 Å². The molecule has 0 aliphatic carbocycles. The van der Waals surface area contributed by atoms with E-state index in [1.165, 1.54) is 154 Å². The van der Waals surface area contributed by atoms with Gasteiger partial charge in [0.25, 0.3) is 0 Å². The number of carbonyl (C=O) groups excluding carboxylic acids is 1. The molecule has 0 aromatic carbocycles. The minimum absolute atomic E-state index is 0.190. The number of hydrogen-bond acceptors (Lipinski definition) is 8. The van der Waals surface area contributed by atoms with Crippen LogP contribution < -0.4 is 5.32 Å². The van der Waals surface area contributed by atoms with Gasteiger partial charge in [0.1, 0.15) is 24.4 Å². The van der Waals surface area contributed by atoms with Crippen LogP contribution in [-0.2, 0) is 14.3 Å². The van der Waals surface area contributed by atoms with Crippen molar-refractivity contribution in [3.05, 3.63) is 36.5 Å². The maximum absolute atomic E-state index is 13.0. The topological polar surface area (TPSA) is 149 Å². The highest BCUT2D eigenvalue weighted by molar-refractivity contribution is 5.76. The van der Waals surface area contributed by atoms with Gasteiger partial charge in [-0.2, -0.15) is 0 Å². The van der Waals surface area contributed by atoms with E-state index in [4.69, 9.17) is 9.47 Å². The number of unbranched alkanes of at least 4 members (excludes halogenated alkanes) is 27. The van der Waals surface area contributed by atoms with Gasteiger partial charge in [-0.15, -0.1) is 0 Å². The minimum Gasteiger partial charge on any atom is -0.394 e. The lowest BCUT2D eigenvalue weighted by Gasteiger charge is -2.40. The van der Waals surface area contributed by atoms with Gasteiger partial charge in [0.2, 0.25) is 5.91 Å². The lowest BCUT2D eigenvalue weighted by Crippen LogP contribution is -2.60. The van der Waals surface area contributed by atoms with E-state index in [1.807, 2.05) is 6.08 Å². The van der Waals surface area contributed by atoms with Crippen LogP contribution in [0.5, 0.6) is 0 Å². The minimum atomic E-state index is -1.57. The summed E-state index contributed by atoms with van der Waals surface area (Å²) < 4.78 is 11.2. The summed E-state index contributed by atoms with van der Waals surface area (Å²) in [7, 11) is 0. The first-order chi connectivity index (χ1) is 28.8. The second-order valence-electron chi connectivity index (χ2n) is 17.2. The van der Waals surface area contributed by atoms with E-state index >= 15 is 0 Å². The van der Waals surface area contributed by atoms with E-state index in [0.717, 1.165) is 44.9 Å². The van der Waals surface area contributed by atoms with E-state index < -0.39 is 49.5 Å². The molecule has 9 heteroatoms. The summed E-state index contributed by atoms with van der Waals surface area (Å²) in [4.78, 5) is 13.0. The fourth-order valence-electron chi connectivity index (χ4n) is 7.72. The molecule has 1 aliphatic rings. The predicted molar refractivity (Wildman–Crippen MR) is 244 cm³/mol. The maximum Gasteiger partial charge on any atom is 0.220 e. The summed E-state index contributed by atoms with van der Waals surface area (Å²) in [6.45, 7) is 3.76. The van der Waals surface area contributed by atoms with Crippen molar-refractivity contribution in [3.63, 3.8) is 0 Å². The Bertz CT molecular complexity index is 1020. The SMILES string of the molecule is CCCCCCCCCCCCC/C=C/CC/C=C/CC/C=C/C(O)C(COC1OC(CO)C(O)C(O)C1O)NC(=O)CCCCCCCCCCCCCCCCC. The van der Waals surface area contributed by atoms with E-state index in [9.17, 15) is 30.3 Å². The quantitative estimate of drug-likeness (QED) is 0.0263. The largest absolute Gasteiger partial charge is 0.394 e. The van der Waals surface area contributed by atoms with Crippen molar-refractivity contribution in [2.45, 2.75) is 262 Å². The molecule has 9 nitrogen and oxygen atoms in total. The van der Waals surface area contributed by atoms with Crippen LogP contribution in [0.4, 0.5) is 0 Å². The molecule has 0 spiro atoms. The third kappa shape index (κ3) is 31.0. The Hall–Kier alpha value is -1.59. The summed E-state index contributed by atoms with van der Waals surface area (Å²) in [6, 6.07) is -0.824. The highest BCUT2D eigenvalue weighted by Gasteiger charge is 2.44. The number of ether oxygens (including phenoxy) is 2. The number of hydrogen-bond donors (Lipinski definition) is 6. The highest BCUT2D eigenvalue weighted by atomic mass is 16.7. The van der Waals surface area contributed by atoms with Crippen molar-refractivity contribution >= 4 is 5.91 Å². The summed E-state index contributed by atoms with van der Waals surface area (Å²) in [5.74, 6) is -0.190. The molecular weight excluding hydrogens is 743 g/mol. The van der Waals surface area contributed by atoms with Crippen LogP contribution in [0, 0.1) is 0 Å². The van der Waals surface area contributed by atoms with Crippen molar-refractivity contribution in [1.82, 2.24) is 5.32 Å². The molecule has 6 N–H and O–H groups in total. The van der Waals surface area contributed by atoms with E-state index in [2.05, 4.69) is 43.5 Å². The summed E-state index contributed by atoms with van der Waals surface area (Å²) in [5, 5.41) is 54.2. The summed E-state index contributed by atoms with van der Waals surface area (Å²) in [6.07, 6.45) is 43.3. The fourth-order valence-corrected chi connectivity index (χ4v) is 7.72. The number of nitrogens with one attached hydrogen (secondary N) is 1. The molecule has 1 amide bonds. The van der Waals surface area contributed by atoms with Gasteiger partial charge in [-0.25, -0.2) is 0 Å². The third-order valence-electron chi connectivity index (χ3n) is 11.7. The van der Waals surface area contributed by atoms with Gasteiger partial charge in [0.05, 0.1) is 25.4 Å². The van der Waals surface area contributed by atoms with Crippen molar-refractivity contribution in [2.75, 3.05) is 13.2 Å². The van der Waals surface area contributed by atoms with Gasteiger partial charge in [-0.1, -0.05) is 204 Å². The van der Waals surface area contributed by atoms with Crippen molar-refractivity contribution in [3.8, 4) is 0 Å². The van der Waals surface area contributed by atoms with Gasteiger partial charge in [0.15, 0.2) is 6.29 Å². The molecular formula is C50H93NO8. The molecule has 59 heavy (non-hydrogen) atoms. The van der Waals surface area contributed by atoms with Crippen LogP contribution in [-0.4, -0.2) is 87.5 Å². The van der Waals surface area contributed by atoms with Crippen LogP contribution in [0.1, 0.15) is 219 Å². The van der Waals surface area contributed by atoms with Crippen LogP contribution >= 0.6 is 0 Å². The molecule has 0 aromatic heterocycles. The smallest absolute Gasteiger partial charge is 0.220 e. The molecule has 1 heterocycles. The monoisotopic (exact) mass is 836 g/mol. The van der Waals surface area contributed by atoms with Gasteiger partial charge in [-0.3, -0.25) is 4.79 Å². The molecule has 0 aromatic rings. The predicted octanol–water partition coefficient (Wildman–Crippen LogP) is 10.8. The molecule has 1 aliphatic heterocycles. The second kappa shape index (κ2) is 40.5. The first-order valence-electron chi connectivity index (χ1n) is 24.7. The van der Waals surface area contributed by atoms with E-state index in [1.54, 1.807) is 6.08 Å². The number of rotatable bonds is 41. The molecule has 7 unspecified atom stereocenters. The molecule has 0 bridgehead atoms. The van der Waals surface area contributed by atoms with Crippen LogP contribution in [0.2, 0.25) is 0 Å². The number of aliphatic hydroxyl groups is 5. The normalized spacial score (nSPS) is 21.0. The second-order valence-corrected chi connectivity index (χ2v) is 17.2. The van der Waals surface area contributed by atoms with Crippen molar-refractivity contribution < 1.29 is 39.8 Å². The Labute approximate surface area is 361 Å². The zero-order valence-electron chi connectivity index (χ0n) is 38.0. The zero-order chi connectivity index (χ0) is 43.0. The van der Waals surface area contributed by atoms with Gasteiger partial charge >= 0.3 is 0 Å². The summed E-state index contributed by atoms with van der Waals surface area (Å²) >= 11 is 0. The van der Waals surface area contributed by atoms with E-state index in [0.29, 0.717) is 6.42 Å². The Kier molecular flexibility index (Phi) is 38.0. The Morgan fingerprint density at radius 3 is 1.42 bits per heavy atom. The molecule has 1 rings (SSSR count). The lowest BCUT2D eigenvalue weighted by molar-refractivity contribution is -0.302. The Balaban J connectivity index is 2.36. The average Bonchev–Trinajstić information content (AvgIpc) is 3.23. The Morgan fingerprint density at radius 1 is 0.559 bits per heavy atom. The number of aliphatic hydroxyl groups excluding tert-OH is 5. The molecule has 1 saturated heterocycles. The highest BCUT2D eigenvalue weighted by Crippen LogP contribution is 2.23. The number of amides is 1. The molecule has 0 radical (unpaired) electrons. The molecule has 7 atom stereocenters. The first-order valence-corrected chi connectivity index (χ1v) is 24.7. The number of carbonyl (C=O) groups is 1. The van der Waals surface area contributed by atoms with Gasteiger partial charge in [0, 0.05) is 6.42 Å². The standard InChI is InChI=1S/C50H93NO8/c1-3-5-7-9-11-13-15-17-19-20-21-22-23-24-26-27-29-31-33-35-37-39-44(53)43(42-58-50-49(57)48(56)47(55)45(41-52)59-50)51-46(54)40-38-36-34-32-30-28-25-18-16-14-12-10-8-6-4-2/h23-24,29,31,37,39,43-45,47-50,52-53,55-57H,3-22,25-28,30,32-36,38,40-42H2,1-2H3,(H,51,54)/b24-23+,31-29+,39-37+. The number of allylic oxidation sites excluding steroid dienone is 5. The van der Waals surface area contributed by atoms with Crippen LogP contribution in [0.25, 0.3) is 0 Å². The summed E-state index contributed by atoms with van der Waals surface area (Å²) in [5.41, 5.74) is 0. The zero-order valence-corrected chi connectivity index (χ0v) is 38.0. The third-order valence-corrected chi connectivity index (χ3v) is 11.7. The van der Waals surface area contributed by atoms with Crippen LogP contribution in [0.3, 0.4) is 0 Å². The fraction of sp³-hybridized carbons (Fsp3) is 0.860. The Morgan fingerprint density at radius 2 is 0.966 bits per heavy atom. The van der Waals surface area contributed by atoms with Gasteiger partial charge < -0.3 is 40.3 Å². The van der Waals surface area contributed by atoms with Gasteiger partial charge in [-0.05, 0) is 44.9 Å². The average molecular weight is 836 g/mol. The molecule has 346 valence electrons. The molecule has 0 saturated carbocycles. The van der Waals surface area contributed by atoms with E-state index in [-0.39, 0.29) is 12.5 Å². The lowest BCUT2D eigenvalue weighted by atomic mass is 9.99. The van der Waals surface area contributed by atoms with Crippen LogP contribution in [0.15, 0.2) is 36.5 Å². The maximum atomic E-state index is 13.0. The van der Waals surface area contributed by atoms with Crippen molar-refractivity contribution in [1.29, 1.82) is 0 Å². The first kappa shape index (κ1) is 55.4.